The number of benzene rings is 2. The average Bonchev–Trinajstić information content (AvgIpc) is 3.65. The van der Waals surface area contributed by atoms with E-state index >= 15 is 0 Å². The van der Waals surface area contributed by atoms with Gasteiger partial charge in [0.05, 0.1) is 18.3 Å². The van der Waals surface area contributed by atoms with E-state index in [4.69, 9.17) is 9.47 Å². The highest BCUT2D eigenvalue weighted by Crippen LogP contribution is 2.53. The number of rotatable bonds is 12. The lowest BCUT2D eigenvalue weighted by molar-refractivity contribution is -0.0366. The lowest BCUT2D eigenvalue weighted by atomic mass is 9.52. The normalized spacial score (nSPS) is 17.1. The first-order valence-electron chi connectivity index (χ1n) is 18.4. The largest absolute Gasteiger partial charge is 0.457 e. The summed E-state index contributed by atoms with van der Waals surface area (Å²) < 4.78 is 17.9. The van der Waals surface area contributed by atoms with Gasteiger partial charge in [-0.2, -0.15) is 0 Å². The number of carbonyl (C=O) groups excluding carboxylic acids is 1. The molecule has 4 heterocycles. The second kappa shape index (κ2) is 14.9. The molecule has 2 fully saturated rings. The average molecular weight is 736 g/mol. The minimum atomic E-state index is -0.122. The van der Waals surface area contributed by atoms with Gasteiger partial charge >= 0.3 is 0 Å². The smallest absolute Gasteiger partial charge is 0.274 e. The lowest BCUT2D eigenvalue weighted by Gasteiger charge is -2.57. The maximum atomic E-state index is 13.0. The molecule has 0 atom stereocenters. The van der Waals surface area contributed by atoms with E-state index in [2.05, 4.69) is 70.6 Å². The maximum Gasteiger partial charge on any atom is 0.274 e. The van der Waals surface area contributed by atoms with Crippen molar-refractivity contribution >= 4 is 40.4 Å². The summed E-state index contributed by atoms with van der Waals surface area (Å²) in [6.45, 7) is 12.9. The van der Waals surface area contributed by atoms with Crippen LogP contribution in [-0.4, -0.2) is 56.4 Å². The first kappa shape index (κ1) is 36.5. The van der Waals surface area contributed by atoms with E-state index in [1.54, 1.807) is 42.2 Å². The quantitative estimate of drug-likeness (QED) is 0.110. The molecule has 53 heavy (non-hydrogen) atoms. The van der Waals surface area contributed by atoms with E-state index in [9.17, 15) is 9.59 Å². The van der Waals surface area contributed by atoms with Gasteiger partial charge in [-0.25, -0.2) is 9.97 Å². The van der Waals surface area contributed by atoms with Crippen LogP contribution in [0.2, 0.25) is 0 Å². The second-order valence-corrected chi connectivity index (χ2v) is 16.6. The van der Waals surface area contributed by atoms with Gasteiger partial charge in [0, 0.05) is 78.9 Å². The van der Waals surface area contributed by atoms with Crippen molar-refractivity contribution in [3.8, 4) is 22.6 Å². The number of hydrogen-bond acceptors (Lipinski definition) is 9. The summed E-state index contributed by atoms with van der Waals surface area (Å²) in [6, 6.07) is 16.1. The summed E-state index contributed by atoms with van der Waals surface area (Å²) in [7, 11) is 1.76. The third-order valence-electron chi connectivity index (χ3n) is 10.5. The number of pyridine rings is 1. The third kappa shape index (κ3) is 7.79. The van der Waals surface area contributed by atoms with Crippen LogP contribution in [0.5, 0.6) is 11.5 Å². The molecule has 3 aromatic heterocycles. The molecule has 1 amide bonds. The highest BCUT2D eigenvalue weighted by molar-refractivity contribution is 8.00. The summed E-state index contributed by atoms with van der Waals surface area (Å²) in [5.74, 6) is 2.83. The van der Waals surface area contributed by atoms with Crippen LogP contribution < -0.4 is 25.2 Å². The highest BCUT2D eigenvalue weighted by Gasteiger charge is 2.53. The molecular formula is C41H49N7O4S. The Kier molecular flexibility index (Phi) is 10.3. The van der Waals surface area contributed by atoms with Gasteiger partial charge < -0.3 is 34.0 Å². The fourth-order valence-corrected chi connectivity index (χ4v) is 8.74. The van der Waals surface area contributed by atoms with E-state index in [0.717, 1.165) is 65.9 Å². The highest BCUT2D eigenvalue weighted by atomic mass is 32.2. The zero-order valence-electron chi connectivity index (χ0n) is 31.4. The van der Waals surface area contributed by atoms with E-state index in [-0.39, 0.29) is 34.4 Å². The van der Waals surface area contributed by atoms with Crippen LogP contribution in [-0.2, 0) is 18.4 Å². The van der Waals surface area contributed by atoms with Gasteiger partial charge in [-0.3, -0.25) is 9.59 Å². The van der Waals surface area contributed by atoms with Crippen molar-refractivity contribution in [2.45, 2.75) is 72.6 Å². The van der Waals surface area contributed by atoms with Crippen molar-refractivity contribution in [1.29, 1.82) is 0 Å². The summed E-state index contributed by atoms with van der Waals surface area (Å²) in [6.07, 6.45) is 9.81. The van der Waals surface area contributed by atoms with Crippen molar-refractivity contribution in [3.05, 3.63) is 94.8 Å². The number of hydrogen-bond donors (Lipinski definition) is 3. The predicted molar refractivity (Wildman–Crippen MR) is 213 cm³/mol. The molecule has 0 unspecified atom stereocenters. The molecule has 0 radical (unpaired) electrons. The van der Waals surface area contributed by atoms with Gasteiger partial charge in [-0.1, -0.05) is 58.7 Å². The van der Waals surface area contributed by atoms with E-state index in [0.29, 0.717) is 35.1 Å². The van der Waals surface area contributed by atoms with Crippen molar-refractivity contribution < 1.29 is 14.3 Å². The number of anilines is 2. The molecule has 1 aliphatic carbocycles. The summed E-state index contributed by atoms with van der Waals surface area (Å²) in [4.78, 5) is 40.1. The molecule has 2 aliphatic rings. The molecule has 1 saturated carbocycles. The van der Waals surface area contributed by atoms with Crippen molar-refractivity contribution in [1.82, 2.24) is 24.8 Å². The summed E-state index contributed by atoms with van der Waals surface area (Å²) in [5, 5.41) is 4.06. The molecule has 1 aliphatic heterocycles. The zero-order valence-corrected chi connectivity index (χ0v) is 32.2. The Balaban J connectivity index is 0.967. The Morgan fingerprint density at radius 1 is 1.02 bits per heavy atom. The molecule has 11 nitrogen and oxygen atoms in total. The minimum absolute atomic E-state index is 0.0773. The summed E-state index contributed by atoms with van der Waals surface area (Å²) in [5.41, 5.74) is 4.87. The Labute approximate surface area is 315 Å². The fourth-order valence-electron chi connectivity index (χ4n) is 8.31. The number of aromatic amines is 1. The monoisotopic (exact) mass is 735 g/mol. The van der Waals surface area contributed by atoms with Gasteiger partial charge in [-0.15, -0.1) is 0 Å². The molecule has 7 rings (SSSR count). The number of H-pyrrole nitrogens is 1. The number of amides is 1. The molecule has 278 valence electrons. The number of nitrogens with one attached hydrogen (secondary N) is 3. The maximum absolute atomic E-state index is 13.0. The van der Waals surface area contributed by atoms with Crippen LogP contribution in [0.4, 0.5) is 11.6 Å². The van der Waals surface area contributed by atoms with Gasteiger partial charge in [-0.05, 0) is 72.1 Å². The van der Waals surface area contributed by atoms with Crippen LogP contribution in [0.3, 0.4) is 0 Å². The molecule has 0 spiro atoms. The van der Waals surface area contributed by atoms with Gasteiger partial charge in [0.2, 0.25) is 5.95 Å². The zero-order chi connectivity index (χ0) is 37.3. The van der Waals surface area contributed by atoms with Gasteiger partial charge in [0.25, 0.3) is 11.5 Å². The van der Waals surface area contributed by atoms with E-state index < -0.39 is 0 Å². The predicted octanol–water partition coefficient (Wildman–Crippen LogP) is 7.94. The molecular weight excluding hydrogens is 687 g/mol. The Bertz CT molecular complexity index is 2140. The van der Waals surface area contributed by atoms with Crippen LogP contribution in [0, 0.1) is 10.8 Å². The number of nitrogens with zero attached hydrogens (tertiary/aromatic N) is 4. The molecule has 3 N–H and O–H groups in total. The number of aromatic nitrogens is 4. The molecule has 2 aromatic carbocycles. The number of fused-ring (bicyclic) bond motifs is 1. The van der Waals surface area contributed by atoms with E-state index in [1.165, 1.54) is 0 Å². The Hall–Kier alpha value is -4.81. The lowest BCUT2D eigenvalue weighted by Crippen LogP contribution is -2.63. The topological polar surface area (TPSA) is 126 Å². The Morgan fingerprint density at radius 2 is 1.77 bits per heavy atom. The van der Waals surface area contributed by atoms with Crippen LogP contribution >= 0.6 is 11.9 Å². The number of ether oxygens (including phenoxy) is 2. The molecule has 0 bridgehead atoms. The van der Waals surface area contributed by atoms with Crippen molar-refractivity contribution in [3.63, 3.8) is 0 Å². The van der Waals surface area contributed by atoms with Gasteiger partial charge in [0.15, 0.2) is 0 Å². The second-order valence-electron chi connectivity index (χ2n) is 15.6. The van der Waals surface area contributed by atoms with Crippen LogP contribution in [0.25, 0.3) is 22.0 Å². The first-order chi connectivity index (χ1) is 25.4. The SMILES string of the molecule is CCSNc1ccc(Oc2cccc(COC3CCN(c4ncc(C(=O)NC5C(C)(C)CC5(C)C)cn4)CC3)c2)c(-c2cn(C)c(=O)c3[nH]ccc23)c1. The third-order valence-corrected chi connectivity index (χ3v) is 11.2. The molecule has 12 heteroatoms. The molecule has 1 saturated heterocycles. The van der Waals surface area contributed by atoms with Crippen molar-refractivity contribution in [2.75, 3.05) is 28.5 Å². The standard InChI is InChI=1S/C41H49N7O4S/c1-7-53-46-28-11-12-34(32(20-28)33-23-47(6)37(50)35-31(33)13-16-42-35)52-30-10-8-9-26(19-30)24-51-29-14-17-48(18-15-29)39-43-21-27(22-44-39)36(49)45-38-40(2,3)25-41(38,4)5/h8-13,16,19-23,29,38,42,46H,7,14-15,17-18,24-25H2,1-6H3,(H,45,49). The summed E-state index contributed by atoms with van der Waals surface area (Å²) >= 11 is 1.62. The minimum Gasteiger partial charge on any atom is -0.457 e. The van der Waals surface area contributed by atoms with Crippen LogP contribution in [0.15, 0.2) is 78.1 Å². The Morgan fingerprint density at radius 3 is 2.49 bits per heavy atom. The molecule has 5 aromatic rings. The van der Waals surface area contributed by atoms with Gasteiger partial charge in [0.1, 0.15) is 17.0 Å². The first-order valence-corrected chi connectivity index (χ1v) is 19.4. The van der Waals surface area contributed by atoms with Crippen molar-refractivity contribution in [2.24, 2.45) is 17.9 Å². The number of piperidine rings is 1. The number of aryl methyl sites for hydroxylation is 1. The fraction of sp³-hybridized carbons (Fsp3) is 0.415. The van der Waals surface area contributed by atoms with Crippen LogP contribution in [0.1, 0.15) is 69.8 Å². The van der Waals surface area contributed by atoms with E-state index in [1.807, 2.05) is 48.7 Å². The number of carbonyl (C=O) groups is 1.